The maximum atomic E-state index is 8.51. The highest BCUT2D eigenvalue weighted by Gasteiger charge is 2.17. The molecule has 2 atom stereocenters. The maximum absolute atomic E-state index is 8.51. The quantitative estimate of drug-likeness (QED) is 0.284. The molecule has 1 rings (SSSR count). The first kappa shape index (κ1) is 4.99. The van der Waals surface area contributed by atoms with Crippen LogP contribution in [-0.2, 0) is 0 Å². The van der Waals surface area contributed by atoms with Gasteiger partial charge in [-0.1, -0.05) is 0 Å². The van der Waals surface area contributed by atoms with Crippen LogP contribution < -0.4 is 10.6 Å². The second kappa shape index (κ2) is 1.75. The Hall–Kier alpha value is -0.160. The van der Waals surface area contributed by atoms with Gasteiger partial charge >= 0.3 is 0 Å². The maximum Gasteiger partial charge on any atom is 0.162 e. The van der Waals surface area contributed by atoms with Crippen molar-refractivity contribution in [2.75, 3.05) is 0 Å². The van der Waals surface area contributed by atoms with E-state index in [9.17, 15) is 0 Å². The molecular formula is C3H7N2O2. The van der Waals surface area contributed by atoms with E-state index in [4.69, 9.17) is 10.2 Å². The lowest BCUT2D eigenvalue weighted by atomic mass is 10.6. The highest BCUT2D eigenvalue weighted by Crippen LogP contribution is 1.90. The summed E-state index contributed by atoms with van der Waals surface area (Å²) in [6.45, 7) is 1.37. The number of aliphatic hydroxyl groups excluding tert-OH is 2. The normalized spacial score (nSPS) is 42.0. The molecule has 1 radical (unpaired) electrons. The van der Waals surface area contributed by atoms with Gasteiger partial charge in [0.05, 0.1) is 6.54 Å². The summed E-state index contributed by atoms with van der Waals surface area (Å²) in [7, 11) is 0. The molecule has 0 aliphatic carbocycles. The third-order valence-corrected chi connectivity index (χ3v) is 0.741. The predicted molar refractivity (Wildman–Crippen MR) is 22.6 cm³/mol. The molecule has 0 spiro atoms. The highest BCUT2D eigenvalue weighted by molar-refractivity contribution is 4.79. The van der Waals surface area contributed by atoms with Gasteiger partial charge in [0, 0.05) is 0 Å². The van der Waals surface area contributed by atoms with Crippen molar-refractivity contribution in [3.63, 3.8) is 0 Å². The Morgan fingerprint density at radius 3 is 2.29 bits per heavy atom. The Balaban J connectivity index is 2.26. The predicted octanol–water partition coefficient (Wildman–Crippen LogP) is -2.06. The summed E-state index contributed by atoms with van der Waals surface area (Å²) in [4.78, 5) is 0. The molecule has 1 saturated heterocycles. The van der Waals surface area contributed by atoms with E-state index >= 15 is 0 Å². The fraction of sp³-hybridized carbons (Fsp3) is 0.667. The van der Waals surface area contributed by atoms with Gasteiger partial charge in [0.25, 0.3) is 0 Å². The molecule has 1 aliphatic heterocycles. The molecule has 0 aromatic rings. The second-order valence-corrected chi connectivity index (χ2v) is 1.35. The number of hydrogen-bond donors (Lipinski definition) is 4. The van der Waals surface area contributed by atoms with Crippen LogP contribution in [0, 0.1) is 6.54 Å². The molecule has 1 aliphatic rings. The summed E-state index contributed by atoms with van der Waals surface area (Å²) in [5.74, 6) is 0. The van der Waals surface area contributed by atoms with E-state index in [1.54, 1.807) is 0 Å². The molecule has 41 valence electrons. The van der Waals surface area contributed by atoms with Crippen LogP contribution in [0.2, 0.25) is 0 Å². The van der Waals surface area contributed by atoms with Gasteiger partial charge in [-0.15, -0.1) is 0 Å². The molecule has 4 nitrogen and oxygen atoms in total. The molecule has 0 aromatic heterocycles. The molecule has 1 fully saturated rings. The Morgan fingerprint density at radius 2 is 2.14 bits per heavy atom. The van der Waals surface area contributed by atoms with Crippen molar-refractivity contribution in [2.24, 2.45) is 0 Å². The lowest BCUT2D eigenvalue weighted by molar-refractivity contribution is 0.0949. The number of nitrogens with one attached hydrogen (secondary N) is 2. The third-order valence-electron chi connectivity index (χ3n) is 0.741. The molecule has 0 saturated carbocycles. The first-order valence-electron chi connectivity index (χ1n) is 2.00. The van der Waals surface area contributed by atoms with Gasteiger partial charge in [0.15, 0.2) is 6.35 Å². The first-order chi connectivity index (χ1) is 3.29. The summed E-state index contributed by atoms with van der Waals surface area (Å²) in [6, 6.07) is 0. The minimum absolute atomic E-state index is 0.713. The highest BCUT2D eigenvalue weighted by atomic mass is 16.3. The summed E-state index contributed by atoms with van der Waals surface area (Å²) in [6.07, 6.45) is -1.50. The molecular weight excluding hydrogens is 96.0 g/mol. The fourth-order valence-electron chi connectivity index (χ4n) is 0.440. The Morgan fingerprint density at radius 1 is 1.43 bits per heavy atom. The van der Waals surface area contributed by atoms with Crippen molar-refractivity contribution in [2.45, 2.75) is 12.6 Å². The second-order valence-electron chi connectivity index (χ2n) is 1.35. The van der Waals surface area contributed by atoms with Crippen LogP contribution in [0.3, 0.4) is 0 Å². The molecule has 0 amide bonds. The van der Waals surface area contributed by atoms with Gasteiger partial charge in [-0.05, 0) is 0 Å². The van der Waals surface area contributed by atoms with E-state index in [1.165, 1.54) is 6.54 Å². The summed E-state index contributed by atoms with van der Waals surface area (Å²) in [5, 5.41) is 21.8. The fourth-order valence-corrected chi connectivity index (χ4v) is 0.440. The zero-order chi connectivity index (χ0) is 5.28. The van der Waals surface area contributed by atoms with Crippen molar-refractivity contribution in [1.82, 2.24) is 10.6 Å². The van der Waals surface area contributed by atoms with Crippen molar-refractivity contribution in [3.05, 3.63) is 6.54 Å². The van der Waals surface area contributed by atoms with Crippen LogP contribution in [0.1, 0.15) is 0 Å². The van der Waals surface area contributed by atoms with E-state index in [0.29, 0.717) is 0 Å². The lowest BCUT2D eigenvalue weighted by Gasteiger charge is -1.98. The third kappa shape index (κ3) is 1.10. The van der Waals surface area contributed by atoms with Crippen LogP contribution >= 0.6 is 0 Å². The summed E-state index contributed by atoms with van der Waals surface area (Å²) >= 11 is 0. The largest absolute Gasteiger partial charge is 0.377 e. The smallest absolute Gasteiger partial charge is 0.162 e. The Kier molecular flexibility index (Phi) is 1.25. The first-order valence-corrected chi connectivity index (χ1v) is 2.00. The summed E-state index contributed by atoms with van der Waals surface area (Å²) in [5.41, 5.74) is 0. The Labute approximate surface area is 41.2 Å². The van der Waals surface area contributed by atoms with Crippen LogP contribution in [0.15, 0.2) is 0 Å². The van der Waals surface area contributed by atoms with Crippen LogP contribution in [0.5, 0.6) is 0 Å². The number of aliphatic hydroxyl groups is 2. The van der Waals surface area contributed by atoms with Crippen molar-refractivity contribution in [3.8, 4) is 0 Å². The van der Waals surface area contributed by atoms with E-state index in [0.717, 1.165) is 0 Å². The molecule has 1 heterocycles. The minimum atomic E-state index is -0.782. The molecule has 0 aromatic carbocycles. The van der Waals surface area contributed by atoms with Crippen LogP contribution in [0.25, 0.3) is 0 Å². The van der Waals surface area contributed by atoms with Crippen molar-refractivity contribution >= 4 is 0 Å². The molecule has 0 bridgehead atoms. The molecule has 2 unspecified atom stereocenters. The van der Waals surface area contributed by atoms with Gasteiger partial charge in [0.1, 0.15) is 6.23 Å². The van der Waals surface area contributed by atoms with Crippen molar-refractivity contribution in [1.29, 1.82) is 0 Å². The van der Waals surface area contributed by atoms with E-state index in [-0.39, 0.29) is 0 Å². The monoisotopic (exact) mass is 103 g/mol. The van der Waals surface area contributed by atoms with Gasteiger partial charge in [-0.2, -0.15) is 0 Å². The lowest BCUT2D eigenvalue weighted by Crippen LogP contribution is -2.32. The topological polar surface area (TPSA) is 64.5 Å². The minimum Gasteiger partial charge on any atom is -0.377 e. The zero-order valence-corrected chi connectivity index (χ0v) is 3.63. The molecule has 4 N–H and O–H groups in total. The van der Waals surface area contributed by atoms with E-state index < -0.39 is 12.6 Å². The number of rotatable bonds is 0. The van der Waals surface area contributed by atoms with Gasteiger partial charge < -0.3 is 10.2 Å². The average molecular weight is 103 g/mol. The van der Waals surface area contributed by atoms with Gasteiger partial charge in [-0.3, -0.25) is 10.6 Å². The summed E-state index contributed by atoms with van der Waals surface area (Å²) < 4.78 is 0. The molecule has 7 heavy (non-hydrogen) atoms. The average Bonchev–Trinajstić information content (AvgIpc) is 1.87. The zero-order valence-electron chi connectivity index (χ0n) is 3.63. The molecule has 4 heteroatoms. The Bertz CT molecular complexity index is 60.0. The number of hydrogen-bond acceptors (Lipinski definition) is 4. The SMILES string of the molecule is OC1[CH]NC(O)N1. The van der Waals surface area contributed by atoms with E-state index in [1.807, 2.05) is 0 Å². The van der Waals surface area contributed by atoms with Crippen molar-refractivity contribution < 1.29 is 10.2 Å². The van der Waals surface area contributed by atoms with Gasteiger partial charge in [0.2, 0.25) is 0 Å². The van der Waals surface area contributed by atoms with Gasteiger partial charge in [-0.25, -0.2) is 0 Å². The van der Waals surface area contributed by atoms with Crippen LogP contribution in [-0.4, -0.2) is 22.8 Å². The van der Waals surface area contributed by atoms with E-state index in [2.05, 4.69) is 10.6 Å². The van der Waals surface area contributed by atoms with Crippen LogP contribution in [0.4, 0.5) is 0 Å². The standard InChI is InChI=1S/C3H7N2O2/c6-2-1-4-3(7)5-2/h1-7H.